The van der Waals surface area contributed by atoms with Gasteiger partial charge in [0, 0.05) is 25.3 Å². The van der Waals surface area contributed by atoms with Crippen molar-refractivity contribution in [3.05, 3.63) is 28.8 Å². The highest BCUT2D eigenvalue weighted by molar-refractivity contribution is 7.88. The molecule has 2 N–H and O–H groups in total. The van der Waals surface area contributed by atoms with E-state index in [1.165, 1.54) is 10.6 Å². The van der Waals surface area contributed by atoms with Crippen LogP contribution in [0, 0.1) is 26.7 Å². The molecule has 1 aliphatic rings. The molecule has 0 radical (unpaired) electrons. The monoisotopic (exact) mass is 381 g/mol. The Hall–Kier alpha value is -1.93. The molecule has 2 amide bonds. The van der Waals surface area contributed by atoms with Gasteiger partial charge in [0.05, 0.1) is 6.26 Å². The molecular formula is C18H27N3O4S. The van der Waals surface area contributed by atoms with Crippen LogP contribution in [0.1, 0.15) is 29.5 Å². The summed E-state index contributed by atoms with van der Waals surface area (Å²) in [6, 6.07) is 3.91. The lowest BCUT2D eigenvalue weighted by Gasteiger charge is -2.30. The van der Waals surface area contributed by atoms with E-state index < -0.39 is 21.8 Å². The van der Waals surface area contributed by atoms with Crippen LogP contribution in [-0.4, -0.2) is 50.4 Å². The molecule has 0 unspecified atom stereocenters. The van der Waals surface area contributed by atoms with Crippen LogP contribution in [0.5, 0.6) is 0 Å². The van der Waals surface area contributed by atoms with Gasteiger partial charge in [-0.2, -0.15) is 0 Å². The third-order valence-corrected chi connectivity index (χ3v) is 6.02. The Morgan fingerprint density at radius 2 is 1.62 bits per heavy atom. The van der Waals surface area contributed by atoms with E-state index in [9.17, 15) is 18.0 Å². The zero-order chi connectivity index (χ0) is 19.5. The summed E-state index contributed by atoms with van der Waals surface area (Å²) in [5.41, 5.74) is 3.59. The smallest absolute Gasteiger partial charge is 0.313 e. The van der Waals surface area contributed by atoms with Crippen LogP contribution in [0.25, 0.3) is 0 Å². The average molecular weight is 381 g/mol. The molecule has 0 saturated carbocycles. The molecule has 7 nitrogen and oxygen atoms in total. The Balaban J connectivity index is 1.84. The molecule has 2 rings (SSSR count). The van der Waals surface area contributed by atoms with Crippen LogP contribution in [0.15, 0.2) is 12.1 Å². The summed E-state index contributed by atoms with van der Waals surface area (Å²) in [5, 5.41) is 5.34. The van der Waals surface area contributed by atoms with Crippen molar-refractivity contribution in [3.63, 3.8) is 0 Å². The number of amides is 2. The summed E-state index contributed by atoms with van der Waals surface area (Å²) in [6.45, 7) is 7.04. The van der Waals surface area contributed by atoms with Crippen molar-refractivity contribution >= 4 is 27.5 Å². The number of carbonyl (C=O) groups is 2. The van der Waals surface area contributed by atoms with Crippen molar-refractivity contribution in [1.29, 1.82) is 0 Å². The van der Waals surface area contributed by atoms with Gasteiger partial charge in [0.1, 0.15) is 0 Å². The lowest BCUT2D eigenvalue weighted by atomic mass is 9.98. The summed E-state index contributed by atoms with van der Waals surface area (Å²) in [7, 11) is -3.16. The summed E-state index contributed by atoms with van der Waals surface area (Å²) >= 11 is 0. The third kappa shape index (κ3) is 5.28. The number of hydrogen-bond donors (Lipinski definition) is 2. The first-order valence-electron chi connectivity index (χ1n) is 8.70. The fourth-order valence-electron chi connectivity index (χ4n) is 3.31. The molecule has 1 aromatic carbocycles. The zero-order valence-electron chi connectivity index (χ0n) is 15.8. The predicted octanol–water partition coefficient (Wildman–Crippen LogP) is 1.34. The third-order valence-electron chi connectivity index (χ3n) is 4.72. The van der Waals surface area contributed by atoms with Crippen LogP contribution in [0.3, 0.4) is 0 Å². The first-order chi connectivity index (χ1) is 12.1. The number of anilines is 1. The van der Waals surface area contributed by atoms with Crippen LogP contribution in [0.4, 0.5) is 5.69 Å². The number of piperidine rings is 1. The van der Waals surface area contributed by atoms with Crippen molar-refractivity contribution in [1.82, 2.24) is 9.62 Å². The van der Waals surface area contributed by atoms with Gasteiger partial charge in [-0.15, -0.1) is 0 Å². The molecule has 1 saturated heterocycles. The fourth-order valence-corrected chi connectivity index (χ4v) is 4.18. The van der Waals surface area contributed by atoms with Crippen molar-refractivity contribution in [3.8, 4) is 0 Å². The van der Waals surface area contributed by atoms with Crippen LogP contribution in [0.2, 0.25) is 0 Å². The molecule has 0 spiro atoms. The molecule has 8 heteroatoms. The molecule has 1 heterocycles. The van der Waals surface area contributed by atoms with Crippen LogP contribution in [-0.2, 0) is 19.6 Å². The number of rotatable bonds is 4. The SMILES string of the molecule is Cc1cc(C)c(NC(=O)C(=O)NCC2CCN(S(C)(=O)=O)CC2)c(C)c1. The number of sulfonamides is 1. The van der Waals surface area contributed by atoms with Gasteiger partial charge >= 0.3 is 11.8 Å². The minimum Gasteiger partial charge on any atom is -0.348 e. The normalized spacial score (nSPS) is 16.3. The van der Waals surface area contributed by atoms with Crippen LogP contribution >= 0.6 is 0 Å². The van der Waals surface area contributed by atoms with E-state index in [4.69, 9.17) is 0 Å². The summed E-state index contributed by atoms with van der Waals surface area (Å²) in [6.07, 6.45) is 2.55. The van der Waals surface area contributed by atoms with E-state index in [0.29, 0.717) is 38.2 Å². The maximum Gasteiger partial charge on any atom is 0.313 e. The molecule has 0 bridgehead atoms. The largest absolute Gasteiger partial charge is 0.348 e. The number of aryl methyl sites for hydroxylation is 3. The summed E-state index contributed by atoms with van der Waals surface area (Å²) < 4.78 is 24.4. The van der Waals surface area contributed by atoms with E-state index in [0.717, 1.165) is 16.7 Å². The van der Waals surface area contributed by atoms with Gasteiger partial charge in [-0.1, -0.05) is 17.7 Å². The van der Waals surface area contributed by atoms with E-state index >= 15 is 0 Å². The number of nitrogens with one attached hydrogen (secondary N) is 2. The standard InChI is InChI=1S/C18H27N3O4S/c1-12-9-13(2)16(14(3)10-12)20-18(23)17(22)19-11-15-5-7-21(8-6-15)26(4,24)25/h9-10,15H,5-8,11H2,1-4H3,(H,19,22)(H,20,23). The number of benzene rings is 1. The summed E-state index contributed by atoms with van der Waals surface area (Å²) in [5.74, 6) is -1.18. The number of carbonyl (C=O) groups excluding carboxylic acids is 2. The Bertz CT molecular complexity index is 774. The van der Waals surface area contributed by atoms with Crippen molar-refractivity contribution < 1.29 is 18.0 Å². The minimum atomic E-state index is -3.16. The highest BCUT2D eigenvalue weighted by Crippen LogP contribution is 2.22. The highest BCUT2D eigenvalue weighted by Gasteiger charge is 2.25. The van der Waals surface area contributed by atoms with Gasteiger partial charge in [-0.05, 0) is 50.7 Å². The lowest BCUT2D eigenvalue weighted by Crippen LogP contribution is -2.43. The zero-order valence-corrected chi connectivity index (χ0v) is 16.6. The lowest BCUT2D eigenvalue weighted by molar-refractivity contribution is -0.136. The topological polar surface area (TPSA) is 95.6 Å². The Labute approximate surface area is 155 Å². The van der Waals surface area contributed by atoms with Crippen LogP contribution < -0.4 is 10.6 Å². The maximum absolute atomic E-state index is 12.1. The number of nitrogens with zero attached hydrogens (tertiary/aromatic N) is 1. The van der Waals surface area contributed by atoms with E-state index in [1.807, 2.05) is 32.9 Å². The van der Waals surface area contributed by atoms with Gasteiger partial charge in [0.15, 0.2) is 0 Å². The fraction of sp³-hybridized carbons (Fsp3) is 0.556. The second-order valence-corrected chi connectivity index (χ2v) is 9.03. The van der Waals surface area contributed by atoms with Crippen molar-refractivity contribution in [2.24, 2.45) is 5.92 Å². The second-order valence-electron chi connectivity index (χ2n) is 7.04. The second kappa shape index (κ2) is 8.18. The molecule has 26 heavy (non-hydrogen) atoms. The minimum absolute atomic E-state index is 0.174. The van der Waals surface area contributed by atoms with Gasteiger partial charge < -0.3 is 10.6 Å². The highest BCUT2D eigenvalue weighted by atomic mass is 32.2. The average Bonchev–Trinajstić information content (AvgIpc) is 2.55. The number of hydrogen-bond acceptors (Lipinski definition) is 4. The van der Waals surface area contributed by atoms with E-state index in [2.05, 4.69) is 10.6 Å². The molecule has 0 aliphatic carbocycles. The quantitative estimate of drug-likeness (QED) is 0.770. The first-order valence-corrected chi connectivity index (χ1v) is 10.5. The van der Waals surface area contributed by atoms with Gasteiger partial charge in [0.2, 0.25) is 10.0 Å². The van der Waals surface area contributed by atoms with Gasteiger partial charge in [-0.3, -0.25) is 9.59 Å². The van der Waals surface area contributed by atoms with E-state index in [-0.39, 0.29) is 5.92 Å². The molecule has 1 aliphatic heterocycles. The molecule has 144 valence electrons. The molecule has 1 aromatic rings. The van der Waals surface area contributed by atoms with Gasteiger partial charge in [-0.25, -0.2) is 12.7 Å². The molecule has 0 aromatic heterocycles. The van der Waals surface area contributed by atoms with E-state index in [1.54, 1.807) is 0 Å². The Morgan fingerprint density at radius 1 is 1.08 bits per heavy atom. The molecule has 0 atom stereocenters. The maximum atomic E-state index is 12.1. The predicted molar refractivity (Wildman–Crippen MR) is 101 cm³/mol. The molecule has 1 fully saturated rings. The Morgan fingerprint density at radius 3 is 2.12 bits per heavy atom. The van der Waals surface area contributed by atoms with Crippen molar-refractivity contribution in [2.45, 2.75) is 33.6 Å². The van der Waals surface area contributed by atoms with Crippen molar-refractivity contribution in [2.75, 3.05) is 31.2 Å². The summed E-state index contributed by atoms with van der Waals surface area (Å²) in [4.78, 5) is 24.2. The Kier molecular flexibility index (Phi) is 6.41. The first kappa shape index (κ1) is 20.4. The molecular weight excluding hydrogens is 354 g/mol. The van der Waals surface area contributed by atoms with Gasteiger partial charge in [0.25, 0.3) is 0 Å².